The summed E-state index contributed by atoms with van der Waals surface area (Å²) in [6.45, 7) is 12.4. The van der Waals surface area contributed by atoms with Crippen LogP contribution in [0.5, 0.6) is 0 Å². The third-order valence-electron chi connectivity index (χ3n) is 8.04. The van der Waals surface area contributed by atoms with E-state index in [1.165, 1.54) is 42.2 Å². The summed E-state index contributed by atoms with van der Waals surface area (Å²) in [6, 6.07) is 16.8. The molecular formula is C37H51N3O5. The zero-order chi connectivity index (χ0) is 32.8. The number of aliphatic hydroxyl groups excluding tert-OH is 1. The number of hydrogen-bond donors (Lipinski definition) is 1. The fourth-order valence-corrected chi connectivity index (χ4v) is 5.76. The number of aromatic nitrogens is 2. The zero-order valence-corrected chi connectivity index (χ0v) is 28.1. The standard InChI is InChI=1S/C22H32N2O2.C15H19NO3/c1-22(2,3)26-21(25)24-15-13-18-11-10-17(16-20(18)24)12-14-23(4)19-8-6-5-7-9-19;1-15(2,3)19-14(18)16-8-6-12-10-11(7-9-17)4-5-13(12)16/h10-11,13,15-16,19H,5-9,12,14H2,1-4H3;4-6,8,10,17H,7,9H2,1-3H3. The third-order valence-corrected chi connectivity index (χ3v) is 8.04. The van der Waals surface area contributed by atoms with E-state index < -0.39 is 11.2 Å². The lowest BCUT2D eigenvalue weighted by atomic mass is 9.94. The predicted molar refractivity (Wildman–Crippen MR) is 181 cm³/mol. The topological polar surface area (TPSA) is 85.9 Å². The van der Waals surface area contributed by atoms with Crippen molar-refractivity contribution < 1.29 is 24.2 Å². The quantitative estimate of drug-likeness (QED) is 0.235. The zero-order valence-electron chi connectivity index (χ0n) is 28.1. The van der Waals surface area contributed by atoms with Crippen molar-refractivity contribution in [1.82, 2.24) is 14.0 Å². The van der Waals surface area contributed by atoms with Crippen molar-refractivity contribution in [2.75, 3.05) is 20.2 Å². The van der Waals surface area contributed by atoms with Gasteiger partial charge in [-0.15, -0.1) is 0 Å². The van der Waals surface area contributed by atoms with Gasteiger partial charge < -0.3 is 19.5 Å². The maximum absolute atomic E-state index is 12.5. The van der Waals surface area contributed by atoms with Crippen LogP contribution in [0.3, 0.4) is 0 Å². The van der Waals surface area contributed by atoms with Gasteiger partial charge in [-0.25, -0.2) is 9.59 Å². The third kappa shape index (κ3) is 9.68. The molecule has 2 aromatic carbocycles. The fourth-order valence-electron chi connectivity index (χ4n) is 5.76. The summed E-state index contributed by atoms with van der Waals surface area (Å²) in [4.78, 5) is 27.0. The minimum atomic E-state index is -0.509. The molecule has 1 aliphatic rings. The largest absolute Gasteiger partial charge is 0.443 e. The lowest BCUT2D eigenvalue weighted by molar-refractivity contribution is 0.0533. The number of fused-ring (bicyclic) bond motifs is 2. The Morgan fingerprint density at radius 2 is 1.31 bits per heavy atom. The number of aliphatic hydroxyl groups is 1. The van der Waals surface area contributed by atoms with Gasteiger partial charge in [-0.1, -0.05) is 37.5 Å². The van der Waals surface area contributed by atoms with Crippen molar-refractivity contribution in [3.05, 3.63) is 72.1 Å². The molecule has 0 saturated heterocycles. The first-order valence-corrected chi connectivity index (χ1v) is 16.2. The van der Waals surface area contributed by atoms with Gasteiger partial charge in [-0.3, -0.25) is 9.13 Å². The van der Waals surface area contributed by atoms with Crippen molar-refractivity contribution in [2.24, 2.45) is 0 Å². The second-order valence-corrected chi connectivity index (χ2v) is 14.1. The molecule has 5 rings (SSSR count). The van der Waals surface area contributed by atoms with E-state index in [1.807, 2.05) is 71.9 Å². The molecule has 45 heavy (non-hydrogen) atoms. The molecule has 8 nitrogen and oxygen atoms in total. The average Bonchev–Trinajstić information content (AvgIpc) is 3.59. The number of ether oxygens (including phenoxy) is 2. The molecule has 1 aliphatic carbocycles. The summed E-state index contributed by atoms with van der Waals surface area (Å²) in [5.74, 6) is 0. The molecular weight excluding hydrogens is 566 g/mol. The summed E-state index contributed by atoms with van der Waals surface area (Å²) < 4.78 is 14.0. The van der Waals surface area contributed by atoms with Crippen molar-refractivity contribution in [1.29, 1.82) is 0 Å². The first kappa shape index (κ1) is 34.3. The molecule has 0 atom stereocenters. The molecule has 244 valence electrons. The van der Waals surface area contributed by atoms with Crippen LogP contribution >= 0.6 is 0 Å². The number of carbonyl (C=O) groups excluding carboxylic acids is 2. The molecule has 0 spiro atoms. The highest BCUT2D eigenvalue weighted by atomic mass is 16.6. The summed E-state index contributed by atoms with van der Waals surface area (Å²) in [6.07, 6.45) is 11.2. The highest BCUT2D eigenvalue weighted by Gasteiger charge is 2.21. The first-order valence-electron chi connectivity index (χ1n) is 16.2. The molecule has 2 aromatic heterocycles. The monoisotopic (exact) mass is 617 g/mol. The SMILES string of the molecule is CC(C)(C)OC(=O)n1ccc2cc(CCO)ccc21.CN(CCc1ccc2ccn(C(=O)OC(C)(C)C)c2c1)C1CCCCC1. The van der Waals surface area contributed by atoms with Crippen LogP contribution < -0.4 is 0 Å². The van der Waals surface area contributed by atoms with Gasteiger partial charge in [-0.2, -0.15) is 0 Å². The Morgan fingerprint density at radius 1 is 0.756 bits per heavy atom. The molecule has 8 heteroatoms. The molecule has 0 bridgehead atoms. The van der Waals surface area contributed by atoms with E-state index in [2.05, 4.69) is 30.1 Å². The van der Waals surface area contributed by atoms with E-state index >= 15 is 0 Å². The second-order valence-electron chi connectivity index (χ2n) is 14.1. The van der Waals surface area contributed by atoms with Crippen molar-refractivity contribution in [2.45, 2.75) is 104 Å². The molecule has 0 aliphatic heterocycles. The minimum absolute atomic E-state index is 0.123. The second kappa shape index (κ2) is 14.6. The van der Waals surface area contributed by atoms with Gasteiger partial charge in [0.1, 0.15) is 11.2 Å². The number of hydrogen-bond acceptors (Lipinski definition) is 6. The van der Waals surface area contributed by atoms with E-state index in [-0.39, 0.29) is 18.8 Å². The van der Waals surface area contributed by atoms with E-state index in [4.69, 9.17) is 14.6 Å². The van der Waals surface area contributed by atoms with Crippen molar-refractivity contribution in [3.63, 3.8) is 0 Å². The maximum Gasteiger partial charge on any atom is 0.418 e. The van der Waals surface area contributed by atoms with E-state index in [0.29, 0.717) is 6.42 Å². The van der Waals surface area contributed by atoms with Crippen LogP contribution in [0.1, 0.15) is 84.8 Å². The Balaban J connectivity index is 0.000000215. The lowest BCUT2D eigenvalue weighted by Crippen LogP contribution is -2.34. The smallest absolute Gasteiger partial charge is 0.418 e. The van der Waals surface area contributed by atoms with Crippen LogP contribution in [-0.2, 0) is 22.3 Å². The Bertz CT molecular complexity index is 1580. The summed E-state index contributed by atoms with van der Waals surface area (Å²) in [5.41, 5.74) is 3.06. The van der Waals surface area contributed by atoms with Gasteiger partial charge in [0, 0.05) is 42.4 Å². The van der Waals surface area contributed by atoms with Crippen LogP contribution in [0.2, 0.25) is 0 Å². The van der Waals surface area contributed by atoms with Gasteiger partial charge in [0.2, 0.25) is 0 Å². The molecule has 0 unspecified atom stereocenters. The van der Waals surface area contributed by atoms with Crippen molar-refractivity contribution in [3.8, 4) is 0 Å². The van der Waals surface area contributed by atoms with Crippen LogP contribution in [0.15, 0.2) is 60.9 Å². The van der Waals surface area contributed by atoms with Gasteiger partial charge in [0.05, 0.1) is 11.0 Å². The number of benzene rings is 2. The van der Waals surface area contributed by atoms with Gasteiger partial charge in [0.25, 0.3) is 0 Å². The van der Waals surface area contributed by atoms with E-state index in [0.717, 1.165) is 46.4 Å². The lowest BCUT2D eigenvalue weighted by Gasteiger charge is -2.31. The highest BCUT2D eigenvalue weighted by Crippen LogP contribution is 2.24. The Hall–Kier alpha value is -3.62. The number of rotatable bonds is 6. The van der Waals surface area contributed by atoms with Gasteiger partial charge in [0.15, 0.2) is 0 Å². The first-order chi connectivity index (χ1) is 21.2. The van der Waals surface area contributed by atoms with Crippen LogP contribution in [0, 0.1) is 0 Å². The van der Waals surface area contributed by atoms with Crippen LogP contribution in [-0.4, -0.2) is 68.8 Å². The van der Waals surface area contributed by atoms with Gasteiger partial charge >= 0.3 is 12.2 Å². The number of carbonyl (C=O) groups is 2. The predicted octanol–water partition coefficient (Wildman–Crippen LogP) is 8.19. The maximum atomic E-state index is 12.5. The fraction of sp³-hybridized carbons (Fsp3) is 0.514. The normalized spacial score (nSPS) is 14.4. The Morgan fingerprint density at radius 3 is 1.91 bits per heavy atom. The van der Waals surface area contributed by atoms with Crippen LogP contribution in [0.25, 0.3) is 21.8 Å². The molecule has 1 fully saturated rings. The summed E-state index contributed by atoms with van der Waals surface area (Å²) in [7, 11) is 2.25. The van der Waals surface area contributed by atoms with E-state index in [1.54, 1.807) is 17.0 Å². The molecule has 4 aromatic rings. The summed E-state index contributed by atoms with van der Waals surface area (Å²) in [5, 5.41) is 11.0. The minimum Gasteiger partial charge on any atom is -0.443 e. The number of likely N-dealkylation sites (N-methyl/N-ethyl adjacent to an activating group) is 1. The molecule has 1 saturated carbocycles. The summed E-state index contributed by atoms with van der Waals surface area (Å²) >= 11 is 0. The molecule has 2 heterocycles. The average molecular weight is 618 g/mol. The molecule has 1 N–H and O–H groups in total. The number of nitrogens with zero attached hydrogens (tertiary/aromatic N) is 3. The highest BCUT2D eigenvalue weighted by molar-refractivity contribution is 5.90. The van der Waals surface area contributed by atoms with E-state index in [9.17, 15) is 9.59 Å². The van der Waals surface area contributed by atoms with Gasteiger partial charge in [-0.05, 0) is 116 Å². The Labute approximate surface area is 267 Å². The van der Waals surface area contributed by atoms with Crippen molar-refractivity contribution >= 4 is 34.0 Å². The Kier molecular flexibility index (Phi) is 11.2. The molecule has 0 radical (unpaired) electrons. The molecule has 0 amide bonds. The van der Waals surface area contributed by atoms with Crippen LogP contribution in [0.4, 0.5) is 9.59 Å².